The number of fused-ring (bicyclic) bond motifs is 1. The Bertz CT molecular complexity index is 1910. The second-order valence-corrected chi connectivity index (χ2v) is 13.7. The summed E-state index contributed by atoms with van der Waals surface area (Å²) >= 11 is 1.37. The van der Waals surface area contributed by atoms with Gasteiger partial charge in [-0.1, -0.05) is 24.3 Å². The Kier molecular flexibility index (Phi) is 9.08. The van der Waals surface area contributed by atoms with Gasteiger partial charge in [0.25, 0.3) is 0 Å². The lowest BCUT2D eigenvalue weighted by molar-refractivity contribution is -0.137. The van der Waals surface area contributed by atoms with Crippen LogP contribution in [0.2, 0.25) is 0 Å². The predicted molar refractivity (Wildman–Crippen MR) is 176 cm³/mol. The zero-order valence-corrected chi connectivity index (χ0v) is 28.1. The minimum atomic E-state index is -4.41. The van der Waals surface area contributed by atoms with Crippen LogP contribution in [0.25, 0.3) is 26.7 Å². The lowest BCUT2D eigenvalue weighted by atomic mass is 9.93. The average Bonchev–Trinajstić information content (AvgIpc) is 3.65. The number of halogens is 3. The van der Waals surface area contributed by atoms with Gasteiger partial charge in [0.15, 0.2) is 5.65 Å². The van der Waals surface area contributed by atoms with Crippen molar-refractivity contribution in [2.45, 2.75) is 64.8 Å². The van der Waals surface area contributed by atoms with Crippen molar-refractivity contribution in [2.24, 2.45) is 0 Å². The van der Waals surface area contributed by atoms with Gasteiger partial charge in [0.05, 0.1) is 40.7 Å². The quantitative estimate of drug-likeness (QED) is 0.170. The van der Waals surface area contributed by atoms with Crippen LogP contribution in [0.4, 0.5) is 18.0 Å². The predicted octanol–water partition coefficient (Wildman–Crippen LogP) is 8.55. The van der Waals surface area contributed by atoms with Crippen molar-refractivity contribution in [1.29, 1.82) is 0 Å². The Morgan fingerprint density at radius 3 is 2.31 bits per heavy atom. The molecule has 1 fully saturated rings. The molecule has 0 unspecified atom stereocenters. The van der Waals surface area contributed by atoms with Crippen molar-refractivity contribution in [2.75, 3.05) is 20.2 Å². The van der Waals surface area contributed by atoms with Gasteiger partial charge in [-0.15, -0.1) is 11.3 Å². The van der Waals surface area contributed by atoms with E-state index in [2.05, 4.69) is 0 Å². The third-order valence-corrected chi connectivity index (χ3v) is 9.33. The lowest BCUT2D eigenvalue weighted by Gasteiger charge is -2.33. The molecule has 252 valence electrons. The highest BCUT2D eigenvalue weighted by Gasteiger charge is 2.31. The highest BCUT2D eigenvalue weighted by Crippen LogP contribution is 2.40. The van der Waals surface area contributed by atoms with Crippen molar-refractivity contribution in [3.8, 4) is 32.6 Å². The van der Waals surface area contributed by atoms with Crippen LogP contribution in [-0.4, -0.2) is 56.4 Å². The summed E-state index contributed by atoms with van der Waals surface area (Å²) in [5.41, 5.74) is 3.19. The molecule has 0 bridgehead atoms. The van der Waals surface area contributed by atoms with Crippen LogP contribution in [0.5, 0.6) is 11.6 Å². The third kappa shape index (κ3) is 7.25. The van der Waals surface area contributed by atoms with Gasteiger partial charge in [-0.25, -0.2) is 14.3 Å². The summed E-state index contributed by atoms with van der Waals surface area (Å²) in [6, 6.07) is 14.5. The number of carbonyl (C=O) groups excluding carboxylic acids is 1. The number of amides is 1. The van der Waals surface area contributed by atoms with Crippen molar-refractivity contribution in [3.05, 3.63) is 83.3 Å². The first kappa shape index (κ1) is 33.3. The van der Waals surface area contributed by atoms with E-state index in [0.717, 1.165) is 39.6 Å². The Morgan fingerprint density at radius 2 is 1.69 bits per heavy atom. The molecule has 1 amide bonds. The number of ether oxygens (including phenoxy) is 3. The van der Waals surface area contributed by atoms with Gasteiger partial charge in [0, 0.05) is 30.6 Å². The Morgan fingerprint density at radius 1 is 1.00 bits per heavy atom. The summed E-state index contributed by atoms with van der Waals surface area (Å²) in [6.45, 7) is 8.77. The number of hydrogen-bond donors (Lipinski definition) is 0. The second kappa shape index (κ2) is 13.1. The van der Waals surface area contributed by atoms with Crippen LogP contribution in [-0.2, 0) is 17.5 Å². The minimum absolute atomic E-state index is 0.0653. The molecule has 5 aromatic rings. The number of alkyl halides is 3. The number of hydrogen-bond acceptors (Lipinski definition) is 8. The van der Waals surface area contributed by atoms with Crippen LogP contribution in [0.1, 0.15) is 62.0 Å². The maximum atomic E-state index is 13.2. The zero-order chi connectivity index (χ0) is 34.2. The van der Waals surface area contributed by atoms with Gasteiger partial charge in [-0.2, -0.15) is 23.3 Å². The molecular weight excluding hydrogens is 643 g/mol. The van der Waals surface area contributed by atoms with E-state index in [1.165, 1.54) is 23.5 Å². The van der Waals surface area contributed by atoms with E-state index in [1.54, 1.807) is 18.2 Å². The van der Waals surface area contributed by atoms with E-state index in [0.29, 0.717) is 53.7 Å². The fourth-order valence-corrected chi connectivity index (χ4v) is 6.70. The molecule has 0 spiro atoms. The molecule has 1 aliphatic rings. The summed E-state index contributed by atoms with van der Waals surface area (Å²) in [5, 5.41) is 5.34. The van der Waals surface area contributed by atoms with E-state index >= 15 is 0 Å². The molecule has 0 N–H and O–H groups in total. The van der Waals surface area contributed by atoms with Gasteiger partial charge < -0.3 is 19.1 Å². The normalized spacial score (nSPS) is 14.4. The number of thiazole rings is 1. The maximum Gasteiger partial charge on any atom is 0.416 e. The molecule has 0 atom stereocenters. The van der Waals surface area contributed by atoms with E-state index < -0.39 is 17.3 Å². The average molecular weight is 680 g/mol. The molecule has 0 aliphatic carbocycles. The van der Waals surface area contributed by atoms with E-state index in [1.807, 2.05) is 62.5 Å². The van der Waals surface area contributed by atoms with Crippen molar-refractivity contribution in [3.63, 3.8) is 0 Å². The van der Waals surface area contributed by atoms with Gasteiger partial charge in [-0.05, 0) is 70.4 Å². The summed E-state index contributed by atoms with van der Waals surface area (Å²) in [6.07, 6.45) is -1.60. The van der Waals surface area contributed by atoms with Crippen molar-refractivity contribution >= 4 is 23.1 Å². The zero-order valence-electron chi connectivity index (χ0n) is 27.3. The Labute approximate surface area is 280 Å². The fourth-order valence-electron chi connectivity index (χ4n) is 5.62. The summed E-state index contributed by atoms with van der Waals surface area (Å²) in [5.74, 6) is 1.24. The number of aromatic nitrogens is 4. The number of rotatable bonds is 7. The van der Waals surface area contributed by atoms with Gasteiger partial charge >= 0.3 is 12.3 Å². The molecule has 48 heavy (non-hydrogen) atoms. The van der Waals surface area contributed by atoms with E-state index in [9.17, 15) is 18.0 Å². The topological polar surface area (TPSA) is 91.1 Å². The Balaban J connectivity index is 1.33. The van der Waals surface area contributed by atoms with E-state index in [-0.39, 0.29) is 18.6 Å². The van der Waals surface area contributed by atoms with Crippen LogP contribution in [0.3, 0.4) is 0 Å². The highest BCUT2D eigenvalue weighted by atomic mass is 32.1. The van der Waals surface area contributed by atoms with E-state index in [4.69, 9.17) is 29.3 Å². The molecule has 6 rings (SSSR count). The van der Waals surface area contributed by atoms with Crippen LogP contribution >= 0.6 is 11.3 Å². The summed E-state index contributed by atoms with van der Waals surface area (Å²) in [7, 11) is 1.62. The van der Waals surface area contributed by atoms with Gasteiger partial charge in [0.2, 0.25) is 5.88 Å². The number of carbonyl (C=O) groups is 1. The number of benzene rings is 2. The smallest absolute Gasteiger partial charge is 0.416 e. The number of likely N-dealkylation sites (tertiary alicyclic amines) is 1. The maximum absolute atomic E-state index is 13.2. The first-order valence-corrected chi connectivity index (χ1v) is 16.4. The highest BCUT2D eigenvalue weighted by molar-refractivity contribution is 7.18. The van der Waals surface area contributed by atoms with Gasteiger partial charge in [0.1, 0.15) is 23.0 Å². The largest absolute Gasteiger partial charge is 0.497 e. The molecule has 13 heteroatoms. The van der Waals surface area contributed by atoms with Crippen LogP contribution in [0, 0.1) is 6.92 Å². The molecule has 1 aliphatic heterocycles. The monoisotopic (exact) mass is 679 g/mol. The molecular formula is C35H36F3N5O4S. The molecule has 9 nitrogen and oxygen atoms in total. The second-order valence-electron chi connectivity index (χ2n) is 12.7. The number of aryl methyl sites for hydroxylation is 1. The molecule has 0 radical (unpaired) electrons. The molecule has 4 heterocycles. The molecule has 3 aromatic heterocycles. The molecule has 1 saturated heterocycles. The number of nitrogens with zero attached hydrogens (tertiary/aromatic N) is 5. The summed E-state index contributed by atoms with van der Waals surface area (Å²) in [4.78, 5) is 24.9. The first-order valence-electron chi connectivity index (χ1n) is 15.6. The number of piperidine rings is 1. The lowest BCUT2D eigenvalue weighted by Crippen LogP contribution is -2.41. The van der Waals surface area contributed by atoms with Crippen LogP contribution < -0.4 is 9.47 Å². The first-order chi connectivity index (χ1) is 22.8. The third-order valence-electron chi connectivity index (χ3n) is 8.09. The summed E-state index contributed by atoms with van der Waals surface area (Å²) < 4.78 is 58.4. The number of methoxy groups -OCH3 is 1. The standard InChI is InChI=1S/C35H36F3N5O4S/c1-21-30(48-32(40-21)24-8-10-25(11-9-24)35(36,37)38)27-19-39-43-28(23-14-16-42(17-15-23)33(44)47-34(2,3)4)18-29(41-31(27)43)46-20-22-6-12-26(45-5)13-7-22/h6-13,18-19,23H,14-17,20H2,1-5H3. The van der Waals surface area contributed by atoms with Crippen molar-refractivity contribution in [1.82, 2.24) is 24.5 Å². The minimum Gasteiger partial charge on any atom is -0.497 e. The van der Waals surface area contributed by atoms with Crippen molar-refractivity contribution < 1.29 is 32.2 Å². The molecule has 2 aromatic carbocycles. The van der Waals surface area contributed by atoms with Gasteiger partial charge in [-0.3, -0.25) is 0 Å². The SMILES string of the molecule is COc1ccc(COc2cc(C3CCN(C(=O)OC(C)(C)C)CC3)n3ncc(-c4sc(-c5ccc(C(F)(F)F)cc5)nc4C)c3n2)cc1. The van der Waals surface area contributed by atoms with Crippen LogP contribution in [0.15, 0.2) is 60.8 Å². The fraction of sp³-hybridized carbons (Fsp3) is 0.371. The molecule has 0 saturated carbocycles. The Hall–Kier alpha value is -4.65.